The lowest BCUT2D eigenvalue weighted by atomic mass is 10.1. The molecule has 0 saturated carbocycles. The fourth-order valence-corrected chi connectivity index (χ4v) is 2.19. The zero-order chi connectivity index (χ0) is 16.8. The quantitative estimate of drug-likeness (QED) is 0.557. The molecule has 5 nitrogen and oxygen atoms in total. The Kier molecular flexibility index (Phi) is 5.84. The van der Waals surface area contributed by atoms with Crippen molar-refractivity contribution >= 4 is 17.6 Å². The Morgan fingerprint density at radius 1 is 1.09 bits per heavy atom. The molecule has 0 unspecified atom stereocenters. The van der Waals surface area contributed by atoms with E-state index >= 15 is 0 Å². The SMILES string of the molecule is N[C@@H](Cc1ccc(O)c(O)c1)C(=O)OCCc1ccc(Cl)cc1. The van der Waals surface area contributed by atoms with Gasteiger partial charge in [-0.05, 0) is 41.8 Å². The number of nitrogens with two attached hydrogens (primary N) is 1. The molecule has 2 aromatic rings. The van der Waals surface area contributed by atoms with E-state index in [4.69, 9.17) is 22.1 Å². The molecule has 0 radical (unpaired) electrons. The molecule has 0 amide bonds. The maximum Gasteiger partial charge on any atom is 0.323 e. The topological polar surface area (TPSA) is 92.8 Å². The number of carbonyl (C=O) groups is 1. The fraction of sp³-hybridized carbons (Fsp3) is 0.235. The Labute approximate surface area is 139 Å². The third kappa shape index (κ3) is 5.16. The zero-order valence-electron chi connectivity index (χ0n) is 12.4. The van der Waals surface area contributed by atoms with Gasteiger partial charge in [0.1, 0.15) is 6.04 Å². The first-order valence-corrected chi connectivity index (χ1v) is 7.51. The second-order valence-corrected chi connectivity index (χ2v) is 5.61. The fourth-order valence-electron chi connectivity index (χ4n) is 2.06. The van der Waals surface area contributed by atoms with Crippen molar-refractivity contribution in [1.82, 2.24) is 0 Å². The minimum Gasteiger partial charge on any atom is -0.504 e. The molecule has 0 bridgehead atoms. The van der Waals surface area contributed by atoms with Crippen molar-refractivity contribution in [2.75, 3.05) is 6.61 Å². The highest BCUT2D eigenvalue weighted by Crippen LogP contribution is 2.25. The van der Waals surface area contributed by atoms with Gasteiger partial charge in [0.25, 0.3) is 0 Å². The predicted molar refractivity (Wildman–Crippen MR) is 87.6 cm³/mol. The van der Waals surface area contributed by atoms with Gasteiger partial charge in [0.05, 0.1) is 6.61 Å². The Hall–Kier alpha value is -2.24. The van der Waals surface area contributed by atoms with Crippen LogP contribution < -0.4 is 5.73 Å². The van der Waals surface area contributed by atoms with Gasteiger partial charge in [-0.25, -0.2) is 0 Å². The lowest BCUT2D eigenvalue weighted by molar-refractivity contribution is -0.145. The smallest absolute Gasteiger partial charge is 0.323 e. The highest BCUT2D eigenvalue weighted by Gasteiger charge is 2.16. The van der Waals surface area contributed by atoms with Gasteiger partial charge in [-0.1, -0.05) is 29.8 Å². The Morgan fingerprint density at radius 3 is 2.39 bits per heavy atom. The molecule has 6 heteroatoms. The number of rotatable bonds is 6. The van der Waals surface area contributed by atoms with E-state index in [0.717, 1.165) is 5.56 Å². The summed E-state index contributed by atoms with van der Waals surface area (Å²) in [7, 11) is 0. The van der Waals surface area contributed by atoms with Crippen LogP contribution in [0.25, 0.3) is 0 Å². The van der Waals surface area contributed by atoms with Gasteiger partial charge in [-0.3, -0.25) is 4.79 Å². The van der Waals surface area contributed by atoms with Crippen LogP contribution in [0.5, 0.6) is 11.5 Å². The zero-order valence-corrected chi connectivity index (χ0v) is 13.2. The van der Waals surface area contributed by atoms with Crippen LogP contribution in [0.15, 0.2) is 42.5 Å². The van der Waals surface area contributed by atoms with Crippen LogP contribution in [0.1, 0.15) is 11.1 Å². The molecule has 0 fully saturated rings. The van der Waals surface area contributed by atoms with Crippen molar-refractivity contribution in [2.45, 2.75) is 18.9 Å². The van der Waals surface area contributed by atoms with Gasteiger partial charge in [-0.2, -0.15) is 0 Å². The van der Waals surface area contributed by atoms with Crippen LogP contribution in [0.4, 0.5) is 0 Å². The van der Waals surface area contributed by atoms with Crippen LogP contribution in [0, 0.1) is 0 Å². The molecule has 0 aromatic heterocycles. The number of hydrogen-bond acceptors (Lipinski definition) is 5. The van der Waals surface area contributed by atoms with Crippen LogP contribution >= 0.6 is 11.6 Å². The summed E-state index contributed by atoms with van der Waals surface area (Å²) in [6, 6.07) is 10.8. The second kappa shape index (κ2) is 7.85. The number of halogens is 1. The van der Waals surface area contributed by atoms with Crippen molar-refractivity contribution in [2.24, 2.45) is 5.73 Å². The number of ether oxygens (including phenoxy) is 1. The summed E-state index contributed by atoms with van der Waals surface area (Å²) < 4.78 is 5.16. The largest absolute Gasteiger partial charge is 0.504 e. The third-order valence-corrected chi connectivity index (χ3v) is 3.60. The van der Waals surface area contributed by atoms with Crippen LogP contribution in [-0.2, 0) is 22.4 Å². The van der Waals surface area contributed by atoms with E-state index in [0.29, 0.717) is 17.0 Å². The summed E-state index contributed by atoms with van der Waals surface area (Å²) in [6.07, 6.45) is 0.795. The molecule has 1 atom stereocenters. The molecule has 0 spiro atoms. The van der Waals surface area contributed by atoms with Crippen LogP contribution in [0.2, 0.25) is 5.02 Å². The van der Waals surface area contributed by atoms with E-state index < -0.39 is 12.0 Å². The van der Waals surface area contributed by atoms with Gasteiger partial charge in [0, 0.05) is 11.4 Å². The second-order valence-electron chi connectivity index (χ2n) is 5.18. The Morgan fingerprint density at radius 2 is 1.74 bits per heavy atom. The van der Waals surface area contributed by atoms with Gasteiger partial charge >= 0.3 is 5.97 Å². The van der Waals surface area contributed by atoms with E-state index in [1.807, 2.05) is 12.1 Å². The third-order valence-electron chi connectivity index (χ3n) is 3.35. The molecule has 0 aliphatic heterocycles. The number of carbonyl (C=O) groups excluding carboxylic acids is 1. The molecule has 23 heavy (non-hydrogen) atoms. The van der Waals surface area contributed by atoms with Crippen LogP contribution in [-0.4, -0.2) is 28.8 Å². The Bertz CT molecular complexity index is 673. The molecule has 122 valence electrons. The summed E-state index contributed by atoms with van der Waals surface area (Å²) in [6.45, 7) is 0.231. The van der Waals surface area contributed by atoms with Crippen molar-refractivity contribution in [3.05, 3.63) is 58.6 Å². The molecule has 0 heterocycles. The minimum atomic E-state index is -0.829. The number of aromatic hydroxyl groups is 2. The summed E-state index contributed by atoms with van der Waals surface area (Å²) in [5.41, 5.74) is 7.45. The van der Waals surface area contributed by atoms with Crippen molar-refractivity contribution in [3.63, 3.8) is 0 Å². The maximum absolute atomic E-state index is 11.9. The van der Waals surface area contributed by atoms with E-state index in [2.05, 4.69) is 0 Å². The first kappa shape index (κ1) is 17.1. The number of esters is 1. The van der Waals surface area contributed by atoms with E-state index in [-0.39, 0.29) is 24.5 Å². The minimum absolute atomic E-state index is 0.215. The summed E-state index contributed by atoms with van der Waals surface area (Å²) in [5, 5.41) is 19.3. The average molecular weight is 336 g/mol. The lowest BCUT2D eigenvalue weighted by Crippen LogP contribution is -2.34. The standard InChI is InChI=1S/C17H18ClNO4/c18-13-4-1-11(2-5-13)7-8-23-17(22)14(19)9-12-3-6-15(20)16(21)10-12/h1-6,10,14,20-21H,7-9,19H2/t14-/m0/s1. The van der Waals surface area contributed by atoms with Gasteiger partial charge in [0.15, 0.2) is 11.5 Å². The highest BCUT2D eigenvalue weighted by atomic mass is 35.5. The number of phenols is 2. The number of hydrogen-bond donors (Lipinski definition) is 3. The molecular formula is C17H18ClNO4. The average Bonchev–Trinajstić information content (AvgIpc) is 2.52. The summed E-state index contributed by atoms with van der Waals surface area (Å²) >= 11 is 5.80. The molecule has 0 aliphatic rings. The summed E-state index contributed by atoms with van der Waals surface area (Å²) in [4.78, 5) is 11.9. The van der Waals surface area contributed by atoms with Gasteiger partial charge in [0.2, 0.25) is 0 Å². The first-order valence-electron chi connectivity index (χ1n) is 7.13. The molecule has 0 saturated heterocycles. The molecule has 4 N–H and O–H groups in total. The van der Waals surface area contributed by atoms with E-state index in [9.17, 15) is 15.0 Å². The highest BCUT2D eigenvalue weighted by molar-refractivity contribution is 6.30. The lowest BCUT2D eigenvalue weighted by Gasteiger charge is -2.12. The van der Waals surface area contributed by atoms with Crippen molar-refractivity contribution in [3.8, 4) is 11.5 Å². The van der Waals surface area contributed by atoms with Gasteiger partial charge in [-0.15, -0.1) is 0 Å². The molecule has 0 aliphatic carbocycles. The molecule has 2 rings (SSSR count). The predicted octanol–water partition coefficient (Wildman–Crippen LogP) is 2.41. The van der Waals surface area contributed by atoms with E-state index in [1.165, 1.54) is 12.1 Å². The monoisotopic (exact) mass is 335 g/mol. The van der Waals surface area contributed by atoms with Gasteiger partial charge < -0.3 is 20.7 Å². The number of benzene rings is 2. The normalized spacial score (nSPS) is 11.9. The molecular weight excluding hydrogens is 318 g/mol. The van der Waals surface area contributed by atoms with Crippen LogP contribution in [0.3, 0.4) is 0 Å². The van der Waals surface area contributed by atoms with Crippen molar-refractivity contribution < 1.29 is 19.7 Å². The maximum atomic E-state index is 11.9. The first-order chi connectivity index (χ1) is 11.0. The molecule has 2 aromatic carbocycles. The summed E-state index contributed by atoms with van der Waals surface area (Å²) in [5.74, 6) is -0.967. The number of phenolic OH excluding ortho intramolecular Hbond substituents is 2. The van der Waals surface area contributed by atoms with Crippen molar-refractivity contribution in [1.29, 1.82) is 0 Å². The Balaban J connectivity index is 1.80. The van der Waals surface area contributed by atoms with E-state index in [1.54, 1.807) is 18.2 Å².